The van der Waals surface area contributed by atoms with Crippen molar-refractivity contribution in [3.05, 3.63) is 54.0 Å². The molecule has 1 aromatic heterocycles. The second kappa shape index (κ2) is 7.15. The lowest BCUT2D eigenvalue weighted by atomic mass is 9.97. The molecule has 3 N–H and O–H groups in total. The molecule has 2 fully saturated rings. The van der Waals surface area contributed by atoms with Crippen LogP contribution < -0.4 is 10.1 Å². The monoisotopic (exact) mass is 347 g/mol. The van der Waals surface area contributed by atoms with Gasteiger partial charge >= 0.3 is 0 Å². The molecule has 4 rings (SSSR count). The van der Waals surface area contributed by atoms with Gasteiger partial charge in [-0.3, -0.25) is 0 Å². The van der Waals surface area contributed by atoms with E-state index < -0.39 is 18.5 Å². The Balaban J connectivity index is 1.44. The first-order valence-electron chi connectivity index (χ1n) is 8.33. The zero-order chi connectivity index (χ0) is 17.2. The molecule has 134 valence electrons. The van der Waals surface area contributed by atoms with Gasteiger partial charge in [0, 0.05) is 0 Å². The van der Waals surface area contributed by atoms with Crippen LogP contribution in [0, 0.1) is 0 Å². The summed E-state index contributed by atoms with van der Waals surface area (Å²) in [5.41, 5.74) is 0. The van der Waals surface area contributed by atoms with Crippen LogP contribution >= 0.6 is 0 Å². The normalized spacial score (nSPS) is 31.2. The Bertz CT molecular complexity index is 690. The van der Waals surface area contributed by atoms with Crippen molar-refractivity contribution in [3.63, 3.8) is 0 Å². The number of hydrogen-bond acceptors (Lipinski definition) is 7. The maximum atomic E-state index is 10.8. The first-order chi connectivity index (χ1) is 12.2. The number of hydrogen-bond donors (Lipinski definition) is 3. The van der Waals surface area contributed by atoms with E-state index in [2.05, 4.69) is 5.32 Å². The number of rotatable bonds is 6. The van der Waals surface area contributed by atoms with Gasteiger partial charge in [0.15, 0.2) is 12.4 Å². The highest BCUT2D eigenvalue weighted by Gasteiger charge is 2.51. The van der Waals surface area contributed by atoms with Gasteiger partial charge in [0.2, 0.25) is 0 Å². The Morgan fingerprint density at radius 1 is 1.12 bits per heavy atom. The molecular weight excluding hydrogens is 326 g/mol. The van der Waals surface area contributed by atoms with Crippen molar-refractivity contribution in [3.8, 4) is 5.75 Å². The Labute approximate surface area is 145 Å². The molecular formula is C18H21NO6. The molecule has 2 aliphatic heterocycles. The van der Waals surface area contributed by atoms with E-state index >= 15 is 0 Å². The highest BCUT2D eigenvalue weighted by Crippen LogP contribution is 2.31. The SMILES string of the molecule is OCc1ccc(CNC2C3COC(O3)C(Oc3ccccc3)C2O)o1. The Morgan fingerprint density at radius 2 is 1.92 bits per heavy atom. The van der Waals surface area contributed by atoms with E-state index in [1.807, 2.05) is 30.3 Å². The van der Waals surface area contributed by atoms with Gasteiger partial charge < -0.3 is 34.2 Å². The second-order valence-corrected chi connectivity index (χ2v) is 6.20. The topological polar surface area (TPSA) is 93.3 Å². The fourth-order valence-corrected chi connectivity index (χ4v) is 3.24. The molecule has 2 aromatic rings. The van der Waals surface area contributed by atoms with Gasteiger partial charge in [0.25, 0.3) is 0 Å². The summed E-state index contributed by atoms with van der Waals surface area (Å²) in [5.74, 6) is 1.84. The van der Waals surface area contributed by atoms with E-state index in [1.54, 1.807) is 12.1 Å². The molecule has 3 heterocycles. The molecule has 0 amide bonds. The average molecular weight is 347 g/mol. The molecule has 2 saturated heterocycles. The number of nitrogens with one attached hydrogen (secondary N) is 1. The number of furan rings is 1. The second-order valence-electron chi connectivity index (χ2n) is 6.20. The quantitative estimate of drug-likeness (QED) is 0.711. The van der Waals surface area contributed by atoms with Crippen LogP contribution in [-0.4, -0.2) is 47.5 Å². The van der Waals surface area contributed by atoms with Gasteiger partial charge in [-0.2, -0.15) is 0 Å². The number of aliphatic hydroxyl groups is 2. The van der Waals surface area contributed by atoms with E-state index in [0.717, 1.165) is 0 Å². The minimum absolute atomic E-state index is 0.139. The molecule has 25 heavy (non-hydrogen) atoms. The predicted octanol–water partition coefficient (Wildman–Crippen LogP) is 0.794. The fourth-order valence-electron chi connectivity index (χ4n) is 3.24. The predicted molar refractivity (Wildman–Crippen MR) is 86.7 cm³/mol. The first-order valence-corrected chi connectivity index (χ1v) is 8.33. The molecule has 1 aromatic carbocycles. The molecule has 0 aliphatic carbocycles. The lowest BCUT2D eigenvalue weighted by Crippen LogP contribution is -2.61. The molecule has 0 saturated carbocycles. The summed E-state index contributed by atoms with van der Waals surface area (Å²) in [6.07, 6.45) is -2.24. The molecule has 2 aliphatic rings. The van der Waals surface area contributed by atoms with Gasteiger partial charge in [-0.25, -0.2) is 0 Å². The molecule has 2 bridgehead atoms. The van der Waals surface area contributed by atoms with E-state index in [-0.39, 0.29) is 18.8 Å². The van der Waals surface area contributed by atoms with E-state index in [1.165, 1.54) is 0 Å². The summed E-state index contributed by atoms with van der Waals surface area (Å²) < 4.78 is 22.8. The number of fused-ring (bicyclic) bond motifs is 2. The summed E-state index contributed by atoms with van der Waals surface area (Å²) in [6.45, 7) is 0.665. The van der Waals surface area contributed by atoms with Crippen LogP contribution in [0.3, 0.4) is 0 Å². The first kappa shape index (κ1) is 16.6. The van der Waals surface area contributed by atoms with Crippen molar-refractivity contribution in [1.82, 2.24) is 5.32 Å². The largest absolute Gasteiger partial charge is 0.482 e. The molecule has 7 nitrogen and oxygen atoms in total. The third-order valence-corrected chi connectivity index (χ3v) is 4.51. The lowest BCUT2D eigenvalue weighted by molar-refractivity contribution is -0.194. The van der Waals surface area contributed by atoms with Crippen molar-refractivity contribution in [1.29, 1.82) is 0 Å². The summed E-state index contributed by atoms with van der Waals surface area (Å²) in [7, 11) is 0. The van der Waals surface area contributed by atoms with Crippen LogP contribution in [0.25, 0.3) is 0 Å². The number of ether oxygens (including phenoxy) is 3. The van der Waals surface area contributed by atoms with Crippen molar-refractivity contribution in [2.45, 2.75) is 43.8 Å². The smallest absolute Gasteiger partial charge is 0.197 e. The van der Waals surface area contributed by atoms with Gasteiger partial charge in [0.1, 0.15) is 36.1 Å². The van der Waals surface area contributed by atoms with Crippen LogP contribution in [-0.2, 0) is 22.6 Å². The van der Waals surface area contributed by atoms with Crippen LogP contribution in [0.1, 0.15) is 11.5 Å². The zero-order valence-electron chi connectivity index (χ0n) is 13.6. The summed E-state index contributed by atoms with van der Waals surface area (Å²) in [6, 6.07) is 12.5. The van der Waals surface area contributed by atoms with Crippen LogP contribution in [0.5, 0.6) is 5.75 Å². The Morgan fingerprint density at radius 3 is 2.68 bits per heavy atom. The van der Waals surface area contributed by atoms with Crippen molar-refractivity contribution in [2.75, 3.05) is 6.61 Å². The highest BCUT2D eigenvalue weighted by atomic mass is 16.7. The number of aliphatic hydroxyl groups excluding tert-OH is 2. The minimum Gasteiger partial charge on any atom is -0.482 e. The third-order valence-electron chi connectivity index (χ3n) is 4.51. The van der Waals surface area contributed by atoms with Gasteiger partial charge in [-0.1, -0.05) is 18.2 Å². The maximum Gasteiger partial charge on any atom is 0.197 e. The van der Waals surface area contributed by atoms with Crippen LogP contribution in [0.4, 0.5) is 0 Å². The Hall–Kier alpha value is -1.90. The number of para-hydroxylation sites is 1. The van der Waals surface area contributed by atoms with Crippen LogP contribution in [0.15, 0.2) is 46.9 Å². The summed E-state index contributed by atoms with van der Waals surface area (Å²) >= 11 is 0. The maximum absolute atomic E-state index is 10.8. The summed E-state index contributed by atoms with van der Waals surface area (Å²) in [5, 5.41) is 23.1. The fraction of sp³-hybridized carbons (Fsp3) is 0.444. The summed E-state index contributed by atoms with van der Waals surface area (Å²) in [4.78, 5) is 0. The molecule has 0 radical (unpaired) electrons. The van der Waals surface area contributed by atoms with Gasteiger partial charge in [-0.15, -0.1) is 0 Å². The van der Waals surface area contributed by atoms with Gasteiger partial charge in [-0.05, 0) is 24.3 Å². The van der Waals surface area contributed by atoms with Crippen LogP contribution in [0.2, 0.25) is 0 Å². The minimum atomic E-state index is -0.793. The molecule has 0 spiro atoms. The van der Waals surface area contributed by atoms with Crippen molar-refractivity contribution in [2.24, 2.45) is 0 Å². The molecule has 5 atom stereocenters. The van der Waals surface area contributed by atoms with Gasteiger partial charge in [0.05, 0.1) is 19.2 Å². The average Bonchev–Trinajstić information content (AvgIpc) is 3.28. The van der Waals surface area contributed by atoms with E-state index in [4.69, 9.17) is 23.7 Å². The van der Waals surface area contributed by atoms with Crippen molar-refractivity contribution < 1.29 is 28.8 Å². The van der Waals surface area contributed by atoms with E-state index in [9.17, 15) is 5.11 Å². The lowest BCUT2D eigenvalue weighted by Gasteiger charge is -2.38. The number of benzene rings is 1. The molecule has 5 unspecified atom stereocenters. The third kappa shape index (κ3) is 3.42. The highest BCUT2D eigenvalue weighted by molar-refractivity contribution is 5.22. The standard InChI is InChI=1S/C18H21NO6/c20-9-13-7-6-12(23-13)8-19-15-14-10-22-18(25-14)17(16(15)21)24-11-4-2-1-3-5-11/h1-7,14-21H,8-10H2. The van der Waals surface area contributed by atoms with E-state index in [0.29, 0.717) is 30.4 Å². The molecule has 7 heteroatoms. The van der Waals surface area contributed by atoms with Crippen molar-refractivity contribution >= 4 is 0 Å². The zero-order valence-corrected chi connectivity index (χ0v) is 13.6. The Kier molecular flexibility index (Phi) is 4.74.